The van der Waals surface area contributed by atoms with E-state index in [0.29, 0.717) is 23.7 Å². The average molecular weight is 358 g/mol. The summed E-state index contributed by atoms with van der Waals surface area (Å²) in [4.78, 5) is 22.2. The number of aliphatic hydroxyl groups excluding tert-OH is 1. The van der Waals surface area contributed by atoms with E-state index in [4.69, 9.17) is 11.6 Å². The number of nitrogens with one attached hydrogen (secondary N) is 1. The Morgan fingerprint density at radius 2 is 2.16 bits per heavy atom. The summed E-state index contributed by atoms with van der Waals surface area (Å²) in [7, 11) is 0. The summed E-state index contributed by atoms with van der Waals surface area (Å²) < 4.78 is 0. The second-order valence-corrected chi connectivity index (χ2v) is 6.29. The molecule has 3 rings (SSSR count). The lowest BCUT2D eigenvalue weighted by atomic mass is 10.1. The van der Waals surface area contributed by atoms with Crippen molar-refractivity contribution in [2.45, 2.75) is 25.9 Å². The van der Waals surface area contributed by atoms with Crippen LogP contribution in [-0.4, -0.2) is 38.5 Å². The summed E-state index contributed by atoms with van der Waals surface area (Å²) in [6, 6.07) is 12.6. The minimum atomic E-state index is -0.281. The number of hydrogen-bond donors (Lipinski definition) is 2. The molecule has 6 heteroatoms. The highest BCUT2D eigenvalue weighted by Crippen LogP contribution is 2.25. The number of nitrogens with zero attached hydrogens (tertiary/aromatic N) is 2. The predicted octanol–water partition coefficient (Wildman–Crippen LogP) is 3.63. The Morgan fingerprint density at radius 1 is 1.32 bits per heavy atom. The van der Waals surface area contributed by atoms with Gasteiger partial charge in [0.25, 0.3) is 5.91 Å². The van der Waals surface area contributed by atoms with Gasteiger partial charge in [-0.2, -0.15) is 0 Å². The van der Waals surface area contributed by atoms with Crippen LogP contribution in [0.1, 0.15) is 29.5 Å². The molecule has 2 heterocycles. The van der Waals surface area contributed by atoms with Gasteiger partial charge < -0.3 is 15.0 Å². The molecule has 2 N–H and O–H groups in total. The van der Waals surface area contributed by atoms with Crippen LogP contribution in [0.15, 0.2) is 48.7 Å². The zero-order valence-corrected chi connectivity index (χ0v) is 14.7. The quantitative estimate of drug-likeness (QED) is 0.707. The third-order valence-electron chi connectivity index (χ3n) is 4.28. The molecule has 25 heavy (non-hydrogen) atoms. The largest absolute Gasteiger partial charge is 0.394 e. The number of aromatic nitrogens is 2. The number of fused-ring (bicyclic) bond motifs is 1. The molecule has 0 aliphatic heterocycles. The number of halogens is 1. The zero-order chi connectivity index (χ0) is 17.8. The molecule has 0 spiro atoms. The van der Waals surface area contributed by atoms with E-state index in [1.54, 1.807) is 23.2 Å². The van der Waals surface area contributed by atoms with Crippen molar-refractivity contribution < 1.29 is 9.90 Å². The number of carbonyl (C=O) groups excluding carboxylic acids is 1. The Kier molecular flexibility index (Phi) is 5.36. The third-order valence-corrected chi connectivity index (χ3v) is 4.61. The fourth-order valence-corrected chi connectivity index (χ4v) is 3.10. The van der Waals surface area contributed by atoms with Gasteiger partial charge in [-0.25, -0.2) is 0 Å². The third kappa shape index (κ3) is 3.67. The van der Waals surface area contributed by atoms with E-state index < -0.39 is 0 Å². The molecular weight excluding hydrogens is 338 g/mol. The fourth-order valence-electron chi connectivity index (χ4n) is 2.87. The Balaban J connectivity index is 1.95. The molecule has 3 aromatic rings. The Hall–Kier alpha value is -2.37. The van der Waals surface area contributed by atoms with Gasteiger partial charge in [-0.1, -0.05) is 30.7 Å². The van der Waals surface area contributed by atoms with Gasteiger partial charge in [0.15, 0.2) is 0 Å². The number of H-pyrrole nitrogens is 1. The van der Waals surface area contributed by atoms with Crippen LogP contribution in [0.4, 0.5) is 0 Å². The van der Waals surface area contributed by atoms with Crippen molar-refractivity contribution >= 4 is 28.4 Å². The fraction of sp³-hybridized carbons (Fsp3) is 0.263. The van der Waals surface area contributed by atoms with Crippen LogP contribution < -0.4 is 0 Å². The maximum Gasteiger partial charge on any atom is 0.270 e. The van der Waals surface area contributed by atoms with Gasteiger partial charge in [-0.15, -0.1) is 0 Å². The van der Waals surface area contributed by atoms with Crippen molar-refractivity contribution in [3.8, 4) is 0 Å². The van der Waals surface area contributed by atoms with E-state index in [-0.39, 0.29) is 18.6 Å². The monoisotopic (exact) mass is 357 g/mol. The van der Waals surface area contributed by atoms with E-state index in [1.165, 1.54) is 0 Å². The van der Waals surface area contributed by atoms with Crippen LogP contribution in [0.25, 0.3) is 10.9 Å². The van der Waals surface area contributed by atoms with E-state index in [0.717, 1.165) is 16.6 Å². The molecule has 1 aromatic carbocycles. The van der Waals surface area contributed by atoms with E-state index >= 15 is 0 Å². The highest BCUT2D eigenvalue weighted by molar-refractivity contribution is 6.35. The van der Waals surface area contributed by atoms with Crippen molar-refractivity contribution in [3.63, 3.8) is 0 Å². The first kappa shape index (κ1) is 17.5. The first-order valence-electron chi connectivity index (χ1n) is 8.23. The highest BCUT2D eigenvalue weighted by atomic mass is 35.5. The van der Waals surface area contributed by atoms with Crippen molar-refractivity contribution in [2.75, 3.05) is 6.61 Å². The zero-order valence-electron chi connectivity index (χ0n) is 13.9. The molecule has 2 aromatic heterocycles. The van der Waals surface area contributed by atoms with E-state index in [9.17, 15) is 9.90 Å². The van der Waals surface area contributed by atoms with Crippen molar-refractivity contribution in [2.24, 2.45) is 0 Å². The molecule has 5 nitrogen and oxygen atoms in total. The molecule has 0 saturated heterocycles. The smallest absolute Gasteiger partial charge is 0.270 e. The summed E-state index contributed by atoms with van der Waals surface area (Å²) >= 11 is 6.21. The van der Waals surface area contributed by atoms with Gasteiger partial charge in [0.2, 0.25) is 0 Å². The number of hydrogen-bond acceptors (Lipinski definition) is 3. The molecule has 0 radical (unpaired) electrons. The number of rotatable bonds is 6. The van der Waals surface area contributed by atoms with Gasteiger partial charge >= 0.3 is 0 Å². The van der Waals surface area contributed by atoms with Gasteiger partial charge in [-0.05, 0) is 36.8 Å². The minimum absolute atomic E-state index is 0.101. The minimum Gasteiger partial charge on any atom is -0.394 e. The summed E-state index contributed by atoms with van der Waals surface area (Å²) in [6.45, 7) is 2.18. The van der Waals surface area contributed by atoms with Gasteiger partial charge in [-0.3, -0.25) is 9.78 Å². The number of pyridine rings is 1. The van der Waals surface area contributed by atoms with E-state index in [1.807, 2.05) is 37.3 Å². The highest BCUT2D eigenvalue weighted by Gasteiger charge is 2.25. The van der Waals surface area contributed by atoms with Crippen LogP contribution in [0.3, 0.4) is 0 Å². The molecule has 0 aliphatic carbocycles. The summed E-state index contributed by atoms with van der Waals surface area (Å²) in [6.07, 6.45) is 2.34. The molecule has 0 saturated carbocycles. The first-order valence-corrected chi connectivity index (χ1v) is 8.60. The lowest BCUT2D eigenvalue weighted by molar-refractivity contribution is 0.0555. The molecule has 0 unspecified atom stereocenters. The molecule has 130 valence electrons. The normalized spacial score (nSPS) is 12.3. The molecule has 0 fully saturated rings. The Bertz CT molecular complexity index is 859. The number of aliphatic hydroxyl groups is 1. The van der Waals surface area contributed by atoms with Crippen molar-refractivity contribution in [1.82, 2.24) is 14.9 Å². The van der Waals surface area contributed by atoms with Crippen LogP contribution in [0.5, 0.6) is 0 Å². The summed E-state index contributed by atoms with van der Waals surface area (Å²) in [5.74, 6) is -0.182. The van der Waals surface area contributed by atoms with E-state index in [2.05, 4.69) is 9.97 Å². The molecular formula is C19H20ClN3O2. The molecule has 0 aliphatic rings. The maximum absolute atomic E-state index is 13.1. The maximum atomic E-state index is 13.1. The summed E-state index contributed by atoms with van der Waals surface area (Å²) in [5.41, 5.74) is 2.04. The average Bonchev–Trinajstić information content (AvgIpc) is 3.08. The topological polar surface area (TPSA) is 69.2 Å². The standard InChI is InChI=1S/C19H20ClN3O2/c1-2-14(12-24)23(11-13-6-3-4-9-21-13)19(25)18-10-15-16(20)7-5-8-17(15)22-18/h3-10,14,22,24H,2,11-12H2,1H3/t14-/m1/s1. The number of carbonyl (C=O) groups is 1. The second-order valence-electron chi connectivity index (χ2n) is 5.88. The number of amides is 1. The van der Waals surface area contributed by atoms with Crippen molar-refractivity contribution in [1.29, 1.82) is 0 Å². The number of benzene rings is 1. The Labute approximate surface area is 151 Å². The lowest BCUT2D eigenvalue weighted by Gasteiger charge is -2.29. The van der Waals surface area contributed by atoms with Gasteiger partial charge in [0, 0.05) is 22.1 Å². The van der Waals surface area contributed by atoms with Crippen LogP contribution in [0, 0.1) is 0 Å². The molecule has 1 amide bonds. The second kappa shape index (κ2) is 7.68. The summed E-state index contributed by atoms with van der Waals surface area (Å²) in [5, 5.41) is 11.1. The number of aromatic amines is 1. The molecule has 1 atom stereocenters. The first-order chi connectivity index (χ1) is 12.1. The van der Waals surface area contributed by atoms with Gasteiger partial charge in [0.1, 0.15) is 5.69 Å². The van der Waals surface area contributed by atoms with Crippen LogP contribution in [-0.2, 0) is 6.54 Å². The SMILES string of the molecule is CC[C@H](CO)N(Cc1ccccn1)C(=O)c1cc2c(Cl)cccc2[nH]1. The molecule has 0 bridgehead atoms. The lowest BCUT2D eigenvalue weighted by Crippen LogP contribution is -2.42. The van der Waals surface area contributed by atoms with Gasteiger partial charge in [0.05, 0.1) is 24.9 Å². The van der Waals surface area contributed by atoms with Crippen LogP contribution >= 0.6 is 11.6 Å². The predicted molar refractivity (Wildman–Crippen MR) is 98.6 cm³/mol. The van der Waals surface area contributed by atoms with Crippen molar-refractivity contribution in [3.05, 3.63) is 65.1 Å². The van der Waals surface area contributed by atoms with Crippen LogP contribution in [0.2, 0.25) is 5.02 Å². The Morgan fingerprint density at radius 3 is 2.80 bits per heavy atom.